The van der Waals surface area contributed by atoms with Gasteiger partial charge >= 0.3 is 5.97 Å². The maximum atomic E-state index is 12.3. The second-order valence-corrected chi connectivity index (χ2v) is 5.07. The third-order valence-electron chi connectivity index (χ3n) is 3.38. The lowest BCUT2D eigenvalue weighted by atomic mass is 10.1. The van der Waals surface area contributed by atoms with Crippen LogP contribution in [0.5, 0.6) is 0 Å². The number of carbonyl (C=O) groups excluding carboxylic acids is 1. The Kier molecular flexibility index (Phi) is 4.14. The van der Waals surface area contributed by atoms with Crippen LogP contribution in [0, 0.1) is 5.92 Å². The molecule has 1 N–H and O–H groups in total. The zero-order chi connectivity index (χ0) is 13.8. The average Bonchev–Trinajstić information content (AvgIpc) is 2.62. The molecule has 1 atom stereocenters. The molecule has 1 aliphatic rings. The molecule has 19 heavy (non-hydrogen) atoms. The first kappa shape index (κ1) is 13.5. The standard InChI is InChI=1S/C14H18N2O3/c1-10-5-2-3-8-16(9-10)13(17)11-6-4-7-12(15-11)14(18)19/h4,6-7,10H,2-3,5,8-9H2,1H3,(H,18,19). The summed E-state index contributed by atoms with van der Waals surface area (Å²) in [6, 6.07) is 4.53. The summed E-state index contributed by atoms with van der Waals surface area (Å²) in [6.07, 6.45) is 3.26. The summed E-state index contributed by atoms with van der Waals surface area (Å²) in [5.41, 5.74) is 0.128. The maximum Gasteiger partial charge on any atom is 0.354 e. The van der Waals surface area contributed by atoms with Gasteiger partial charge in [0.2, 0.25) is 0 Å². The van der Waals surface area contributed by atoms with Gasteiger partial charge in [-0.1, -0.05) is 19.4 Å². The molecule has 1 fully saturated rings. The Bertz CT molecular complexity index is 487. The fraction of sp³-hybridized carbons (Fsp3) is 0.500. The fourth-order valence-electron chi connectivity index (χ4n) is 2.37. The smallest absolute Gasteiger partial charge is 0.354 e. The minimum atomic E-state index is -1.11. The lowest BCUT2D eigenvalue weighted by Crippen LogP contribution is -2.34. The van der Waals surface area contributed by atoms with Crippen LogP contribution < -0.4 is 0 Å². The van der Waals surface area contributed by atoms with E-state index in [1.807, 2.05) is 0 Å². The summed E-state index contributed by atoms with van der Waals surface area (Å²) in [5, 5.41) is 8.90. The van der Waals surface area contributed by atoms with Crippen molar-refractivity contribution in [2.24, 2.45) is 5.92 Å². The summed E-state index contributed by atoms with van der Waals surface area (Å²) in [6.45, 7) is 3.58. The van der Waals surface area contributed by atoms with Crippen molar-refractivity contribution in [1.29, 1.82) is 0 Å². The van der Waals surface area contributed by atoms with Gasteiger partial charge in [-0.2, -0.15) is 0 Å². The zero-order valence-corrected chi connectivity index (χ0v) is 11.0. The number of nitrogens with zero attached hydrogens (tertiary/aromatic N) is 2. The number of hydrogen-bond donors (Lipinski definition) is 1. The molecule has 0 saturated carbocycles. The van der Waals surface area contributed by atoms with Crippen LogP contribution in [0.4, 0.5) is 0 Å². The van der Waals surface area contributed by atoms with Crippen LogP contribution >= 0.6 is 0 Å². The highest BCUT2D eigenvalue weighted by Gasteiger charge is 2.22. The van der Waals surface area contributed by atoms with Crippen molar-refractivity contribution in [3.63, 3.8) is 0 Å². The molecular formula is C14H18N2O3. The number of rotatable bonds is 2. The van der Waals surface area contributed by atoms with Crippen LogP contribution in [-0.2, 0) is 0 Å². The Morgan fingerprint density at radius 1 is 1.32 bits per heavy atom. The van der Waals surface area contributed by atoms with Gasteiger partial charge in [0, 0.05) is 13.1 Å². The topological polar surface area (TPSA) is 70.5 Å². The van der Waals surface area contributed by atoms with E-state index in [1.165, 1.54) is 6.07 Å². The van der Waals surface area contributed by atoms with Gasteiger partial charge < -0.3 is 10.0 Å². The first-order valence-corrected chi connectivity index (χ1v) is 6.57. The Balaban J connectivity index is 2.18. The maximum absolute atomic E-state index is 12.3. The highest BCUT2D eigenvalue weighted by atomic mass is 16.4. The second kappa shape index (κ2) is 5.82. The highest BCUT2D eigenvalue weighted by Crippen LogP contribution is 2.17. The molecule has 5 nitrogen and oxygen atoms in total. The lowest BCUT2D eigenvalue weighted by molar-refractivity contribution is 0.0689. The quantitative estimate of drug-likeness (QED) is 0.885. The van der Waals surface area contributed by atoms with E-state index in [0.29, 0.717) is 5.92 Å². The van der Waals surface area contributed by atoms with Gasteiger partial charge in [0.15, 0.2) is 0 Å². The first-order chi connectivity index (χ1) is 9.08. The van der Waals surface area contributed by atoms with Gasteiger partial charge in [0.05, 0.1) is 0 Å². The third-order valence-corrected chi connectivity index (χ3v) is 3.38. The number of carbonyl (C=O) groups is 2. The zero-order valence-electron chi connectivity index (χ0n) is 11.0. The monoisotopic (exact) mass is 262 g/mol. The molecule has 1 aromatic heterocycles. The van der Waals surface area contributed by atoms with Gasteiger partial charge in [-0.3, -0.25) is 4.79 Å². The summed E-state index contributed by atoms with van der Waals surface area (Å²) >= 11 is 0. The number of likely N-dealkylation sites (tertiary alicyclic amines) is 1. The number of carboxylic acids is 1. The van der Waals surface area contributed by atoms with Crippen molar-refractivity contribution in [2.45, 2.75) is 26.2 Å². The normalized spacial score (nSPS) is 19.8. The third kappa shape index (κ3) is 3.30. The van der Waals surface area contributed by atoms with Crippen molar-refractivity contribution in [3.05, 3.63) is 29.6 Å². The van der Waals surface area contributed by atoms with Crippen molar-refractivity contribution >= 4 is 11.9 Å². The van der Waals surface area contributed by atoms with E-state index >= 15 is 0 Å². The van der Waals surface area contributed by atoms with E-state index in [0.717, 1.165) is 32.4 Å². The molecule has 1 unspecified atom stereocenters. The lowest BCUT2D eigenvalue weighted by Gasteiger charge is -2.22. The predicted molar refractivity (Wildman–Crippen MR) is 70.1 cm³/mol. The molecule has 5 heteroatoms. The predicted octanol–water partition coefficient (Wildman–Crippen LogP) is 2.04. The van der Waals surface area contributed by atoms with Gasteiger partial charge in [0.1, 0.15) is 11.4 Å². The molecule has 0 spiro atoms. The Hall–Kier alpha value is -1.91. The van der Waals surface area contributed by atoms with E-state index < -0.39 is 5.97 Å². The summed E-state index contributed by atoms with van der Waals surface area (Å²) in [5.74, 6) is -0.801. The van der Waals surface area contributed by atoms with Crippen LogP contribution in [0.1, 0.15) is 47.2 Å². The molecule has 0 radical (unpaired) electrons. The minimum Gasteiger partial charge on any atom is -0.477 e. The molecule has 1 aliphatic heterocycles. The van der Waals surface area contributed by atoms with Crippen LogP contribution in [0.2, 0.25) is 0 Å². The highest BCUT2D eigenvalue weighted by molar-refractivity contribution is 5.94. The second-order valence-electron chi connectivity index (χ2n) is 5.07. The SMILES string of the molecule is CC1CCCCN(C(=O)c2cccc(C(=O)O)n2)C1. The van der Waals surface area contributed by atoms with Crippen molar-refractivity contribution in [3.8, 4) is 0 Å². The average molecular weight is 262 g/mol. The van der Waals surface area contributed by atoms with Gasteiger partial charge in [-0.25, -0.2) is 9.78 Å². The van der Waals surface area contributed by atoms with Gasteiger partial charge in [-0.15, -0.1) is 0 Å². The first-order valence-electron chi connectivity index (χ1n) is 6.57. The summed E-state index contributed by atoms with van der Waals surface area (Å²) in [4.78, 5) is 28.9. The number of aromatic carboxylic acids is 1. The van der Waals surface area contributed by atoms with Crippen molar-refractivity contribution in [1.82, 2.24) is 9.88 Å². The molecule has 0 bridgehead atoms. The van der Waals surface area contributed by atoms with E-state index in [-0.39, 0.29) is 17.3 Å². The fourth-order valence-corrected chi connectivity index (χ4v) is 2.37. The van der Waals surface area contributed by atoms with Crippen LogP contribution in [0.3, 0.4) is 0 Å². The van der Waals surface area contributed by atoms with Gasteiger partial charge in [0.25, 0.3) is 5.91 Å². The number of hydrogen-bond acceptors (Lipinski definition) is 3. The van der Waals surface area contributed by atoms with Crippen LogP contribution in [-0.4, -0.2) is 40.0 Å². The van der Waals surface area contributed by atoms with Crippen molar-refractivity contribution in [2.75, 3.05) is 13.1 Å². The summed E-state index contributed by atoms with van der Waals surface area (Å²) in [7, 11) is 0. The molecular weight excluding hydrogens is 244 g/mol. The molecule has 1 amide bonds. The van der Waals surface area contributed by atoms with E-state index in [4.69, 9.17) is 5.11 Å². The molecule has 1 saturated heterocycles. The minimum absolute atomic E-state index is 0.0891. The molecule has 2 rings (SSSR count). The van der Waals surface area contributed by atoms with E-state index in [9.17, 15) is 9.59 Å². The Morgan fingerprint density at radius 3 is 2.79 bits per heavy atom. The van der Waals surface area contributed by atoms with E-state index in [1.54, 1.807) is 17.0 Å². The Morgan fingerprint density at radius 2 is 2.05 bits per heavy atom. The van der Waals surface area contributed by atoms with Crippen molar-refractivity contribution < 1.29 is 14.7 Å². The molecule has 0 aromatic carbocycles. The number of pyridine rings is 1. The summed E-state index contributed by atoms with van der Waals surface area (Å²) < 4.78 is 0. The Labute approximate surface area is 112 Å². The molecule has 102 valence electrons. The van der Waals surface area contributed by atoms with Crippen LogP contribution in [0.25, 0.3) is 0 Å². The molecule has 2 heterocycles. The number of carboxylic acid groups (broad SMARTS) is 1. The molecule has 1 aromatic rings. The largest absolute Gasteiger partial charge is 0.477 e. The number of aromatic nitrogens is 1. The van der Waals surface area contributed by atoms with Gasteiger partial charge in [-0.05, 0) is 30.9 Å². The number of amides is 1. The van der Waals surface area contributed by atoms with E-state index in [2.05, 4.69) is 11.9 Å². The van der Waals surface area contributed by atoms with Crippen LogP contribution in [0.15, 0.2) is 18.2 Å². The molecule has 0 aliphatic carbocycles.